The minimum Gasteiger partial charge on any atom is -0.488 e. The number of nitrogens with zero attached hydrogens (tertiary/aromatic N) is 3. The molecule has 0 atom stereocenters. The van der Waals surface area contributed by atoms with Gasteiger partial charge < -0.3 is 19.9 Å². The van der Waals surface area contributed by atoms with Gasteiger partial charge in [-0.15, -0.1) is 0 Å². The molecule has 0 spiro atoms. The van der Waals surface area contributed by atoms with Crippen LogP contribution >= 0.6 is 0 Å². The third-order valence-corrected chi connectivity index (χ3v) is 6.21. The number of hydrogen-bond acceptors (Lipinski definition) is 5. The Bertz CT molecular complexity index is 1120. The van der Waals surface area contributed by atoms with E-state index in [1.165, 1.54) is 5.69 Å². The fraction of sp³-hybridized carbons (Fsp3) is 0.321. The maximum Gasteiger partial charge on any atom is 0.251 e. The normalized spacial score (nSPS) is 13.4. The van der Waals surface area contributed by atoms with E-state index in [2.05, 4.69) is 27.3 Å². The summed E-state index contributed by atoms with van der Waals surface area (Å²) in [7, 11) is 0. The summed E-state index contributed by atoms with van der Waals surface area (Å²) in [5.74, 6) is 0.663. The van der Waals surface area contributed by atoms with Crippen LogP contribution in [-0.4, -0.2) is 54.4 Å². The average molecular weight is 473 g/mol. The van der Waals surface area contributed by atoms with Gasteiger partial charge in [0.2, 0.25) is 5.91 Å². The van der Waals surface area contributed by atoms with E-state index in [1.54, 1.807) is 12.4 Å². The molecule has 0 saturated carbocycles. The van der Waals surface area contributed by atoms with Gasteiger partial charge in [0.1, 0.15) is 12.4 Å². The van der Waals surface area contributed by atoms with Crippen LogP contribution in [0.5, 0.6) is 5.75 Å². The number of piperazine rings is 1. The van der Waals surface area contributed by atoms with Crippen molar-refractivity contribution in [2.75, 3.05) is 37.6 Å². The van der Waals surface area contributed by atoms with Crippen molar-refractivity contribution in [2.24, 2.45) is 0 Å². The summed E-state index contributed by atoms with van der Waals surface area (Å²) < 4.78 is 5.98. The number of anilines is 1. The maximum absolute atomic E-state index is 12.7. The van der Waals surface area contributed by atoms with Gasteiger partial charge >= 0.3 is 0 Å². The lowest BCUT2D eigenvalue weighted by atomic mass is 10.0. The average Bonchev–Trinajstić information content (AvgIpc) is 2.89. The van der Waals surface area contributed by atoms with Gasteiger partial charge in [0, 0.05) is 68.4 Å². The first kappa shape index (κ1) is 24.3. The Labute approximate surface area is 206 Å². The molecule has 182 valence electrons. The molecule has 2 aromatic carbocycles. The first-order chi connectivity index (χ1) is 17.0. The second-order valence-electron chi connectivity index (χ2n) is 8.80. The number of aromatic nitrogens is 1. The number of para-hydroxylation sites is 1. The Balaban J connectivity index is 1.23. The molecule has 1 fully saturated rings. The van der Waals surface area contributed by atoms with E-state index in [9.17, 15) is 9.59 Å². The van der Waals surface area contributed by atoms with Crippen molar-refractivity contribution in [3.63, 3.8) is 0 Å². The summed E-state index contributed by atoms with van der Waals surface area (Å²) in [5.41, 5.74) is 4.53. The van der Waals surface area contributed by atoms with Gasteiger partial charge in [-0.05, 0) is 55.3 Å². The Hall–Kier alpha value is -3.87. The first-order valence-corrected chi connectivity index (χ1v) is 12.0. The predicted octanol–water partition coefficient (Wildman–Crippen LogP) is 3.75. The number of ether oxygens (including phenoxy) is 1. The Morgan fingerprint density at radius 2 is 1.69 bits per heavy atom. The van der Waals surface area contributed by atoms with Gasteiger partial charge in [0.25, 0.3) is 5.91 Å². The zero-order valence-corrected chi connectivity index (χ0v) is 20.4. The number of carbonyl (C=O) groups excluding carboxylic acids is 2. The summed E-state index contributed by atoms with van der Waals surface area (Å²) in [5, 5.41) is 2.89. The molecule has 4 rings (SSSR count). The molecule has 35 heavy (non-hydrogen) atoms. The molecule has 2 amide bonds. The molecule has 2 heterocycles. The van der Waals surface area contributed by atoms with Crippen molar-refractivity contribution in [3.05, 3.63) is 89.2 Å². The highest BCUT2D eigenvalue weighted by Gasteiger charge is 2.21. The van der Waals surface area contributed by atoms with E-state index >= 15 is 0 Å². The minimum atomic E-state index is -0.184. The third-order valence-electron chi connectivity index (χ3n) is 6.21. The number of pyridine rings is 1. The smallest absolute Gasteiger partial charge is 0.251 e. The predicted molar refractivity (Wildman–Crippen MR) is 137 cm³/mol. The van der Waals surface area contributed by atoms with Crippen molar-refractivity contribution in [3.8, 4) is 5.75 Å². The van der Waals surface area contributed by atoms with Crippen LogP contribution in [0.2, 0.25) is 0 Å². The molecular formula is C28H32N4O3. The number of nitrogens with one attached hydrogen (secondary N) is 1. The molecule has 1 aliphatic heterocycles. The van der Waals surface area contributed by atoms with Crippen LogP contribution < -0.4 is 15.0 Å². The minimum absolute atomic E-state index is 0.0736. The molecule has 0 aliphatic carbocycles. The SMILES string of the molecule is Cc1cc(C(=O)NCCC(=O)N2CCN(c3ccccc3)CC2)cc(C)c1OCc1cccnc1. The lowest BCUT2D eigenvalue weighted by Gasteiger charge is -2.36. The van der Waals surface area contributed by atoms with Crippen LogP contribution in [0.4, 0.5) is 5.69 Å². The van der Waals surface area contributed by atoms with Crippen LogP contribution in [0.15, 0.2) is 67.0 Å². The lowest BCUT2D eigenvalue weighted by Crippen LogP contribution is -2.49. The molecular weight excluding hydrogens is 440 g/mol. The quantitative estimate of drug-likeness (QED) is 0.541. The summed E-state index contributed by atoms with van der Waals surface area (Å²) in [6.45, 7) is 7.62. The zero-order valence-electron chi connectivity index (χ0n) is 20.4. The highest BCUT2D eigenvalue weighted by molar-refractivity contribution is 5.95. The number of amides is 2. The summed E-state index contributed by atoms with van der Waals surface area (Å²) in [4.78, 5) is 33.6. The lowest BCUT2D eigenvalue weighted by molar-refractivity contribution is -0.131. The number of aryl methyl sites for hydroxylation is 2. The highest BCUT2D eigenvalue weighted by Crippen LogP contribution is 2.26. The molecule has 0 radical (unpaired) electrons. The van der Waals surface area contributed by atoms with Crippen molar-refractivity contribution in [1.82, 2.24) is 15.2 Å². The van der Waals surface area contributed by atoms with E-state index in [-0.39, 0.29) is 11.8 Å². The summed E-state index contributed by atoms with van der Waals surface area (Å²) in [6.07, 6.45) is 3.80. The molecule has 1 aliphatic rings. The molecule has 7 nitrogen and oxygen atoms in total. The Kier molecular flexibility index (Phi) is 7.98. The van der Waals surface area contributed by atoms with E-state index < -0.39 is 0 Å². The molecule has 3 aromatic rings. The van der Waals surface area contributed by atoms with Gasteiger partial charge in [-0.3, -0.25) is 14.6 Å². The number of carbonyl (C=O) groups is 2. The number of benzene rings is 2. The van der Waals surface area contributed by atoms with Gasteiger partial charge in [0.15, 0.2) is 0 Å². The highest BCUT2D eigenvalue weighted by atomic mass is 16.5. The monoisotopic (exact) mass is 472 g/mol. The second kappa shape index (κ2) is 11.5. The zero-order chi connectivity index (χ0) is 24.6. The van der Waals surface area contributed by atoms with Crippen LogP contribution in [0.1, 0.15) is 33.5 Å². The van der Waals surface area contributed by atoms with E-state index in [0.717, 1.165) is 35.5 Å². The molecule has 0 bridgehead atoms. The topological polar surface area (TPSA) is 74.8 Å². The molecule has 1 N–H and O–H groups in total. The second-order valence-corrected chi connectivity index (χ2v) is 8.80. The fourth-order valence-electron chi connectivity index (χ4n) is 4.34. The van der Waals surface area contributed by atoms with Crippen molar-refractivity contribution < 1.29 is 14.3 Å². The van der Waals surface area contributed by atoms with Crippen LogP contribution in [-0.2, 0) is 11.4 Å². The summed E-state index contributed by atoms with van der Waals surface area (Å²) >= 11 is 0. The Morgan fingerprint density at radius 3 is 2.34 bits per heavy atom. The van der Waals surface area contributed by atoms with Gasteiger partial charge in [-0.25, -0.2) is 0 Å². The molecule has 7 heteroatoms. The standard InChI is InChI=1S/C28H32N4O3/c1-21-17-24(18-22(2)27(21)35-20-23-7-6-11-29-19-23)28(34)30-12-10-26(33)32-15-13-31(14-16-32)25-8-4-3-5-9-25/h3-9,11,17-19H,10,12-16,20H2,1-2H3,(H,30,34). The number of rotatable bonds is 8. The number of hydrogen-bond donors (Lipinski definition) is 1. The van der Waals surface area contributed by atoms with Gasteiger partial charge in [-0.1, -0.05) is 24.3 Å². The van der Waals surface area contributed by atoms with Crippen molar-refractivity contribution >= 4 is 17.5 Å². The summed E-state index contributed by atoms with van der Waals surface area (Å²) in [6, 6.07) is 17.7. The van der Waals surface area contributed by atoms with Crippen molar-refractivity contribution in [1.29, 1.82) is 0 Å². The van der Waals surface area contributed by atoms with Gasteiger partial charge in [-0.2, -0.15) is 0 Å². The van der Waals surface area contributed by atoms with E-state index in [1.807, 2.05) is 61.2 Å². The third kappa shape index (κ3) is 6.38. The molecule has 0 unspecified atom stereocenters. The van der Waals surface area contributed by atoms with E-state index in [0.29, 0.717) is 38.2 Å². The largest absolute Gasteiger partial charge is 0.488 e. The Morgan fingerprint density at radius 1 is 0.971 bits per heavy atom. The van der Waals surface area contributed by atoms with Crippen LogP contribution in [0.25, 0.3) is 0 Å². The van der Waals surface area contributed by atoms with Crippen LogP contribution in [0, 0.1) is 13.8 Å². The molecule has 1 saturated heterocycles. The van der Waals surface area contributed by atoms with Crippen molar-refractivity contribution in [2.45, 2.75) is 26.9 Å². The fourth-order valence-corrected chi connectivity index (χ4v) is 4.34. The van der Waals surface area contributed by atoms with Gasteiger partial charge in [0.05, 0.1) is 0 Å². The van der Waals surface area contributed by atoms with Crippen LogP contribution in [0.3, 0.4) is 0 Å². The first-order valence-electron chi connectivity index (χ1n) is 12.0. The van der Waals surface area contributed by atoms with E-state index in [4.69, 9.17) is 4.74 Å². The maximum atomic E-state index is 12.7. The molecule has 1 aromatic heterocycles.